The molecule has 0 radical (unpaired) electrons. The Bertz CT molecular complexity index is 1090. The molecule has 0 saturated carbocycles. The molecule has 0 saturated heterocycles. The van der Waals surface area contributed by atoms with Crippen molar-refractivity contribution in [3.05, 3.63) is 36.5 Å². The fraction of sp³-hybridized carbons (Fsp3) is 0.847. The molecule has 0 aliphatic heterocycles. The molecular formula is C59H108O6. The van der Waals surface area contributed by atoms with Crippen molar-refractivity contribution in [1.29, 1.82) is 0 Å². The lowest BCUT2D eigenvalue weighted by Gasteiger charge is -2.18. The molecule has 0 N–H and O–H groups in total. The summed E-state index contributed by atoms with van der Waals surface area (Å²) in [5.74, 6) is -0.893. The second kappa shape index (κ2) is 54.2. The fourth-order valence-electron chi connectivity index (χ4n) is 8.24. The summed E-state index contributed by atoms with van der Waals surface area (Å²) in [5, 5.41) is 0. The van der Waals surface area contributed by atoms with Gasteiger partial charge in [-0.15, -0.1) is 0 Å². The van der Waals surface area contributed by atoms with Crippen molar-refractivity contribution in [3.63, 3.8) is 0 Å². The van der Waals surface area contributed by atoms with E-state index in [1.165, 1.54) is 186 Å². The molecule has 6 nitrogen and oxygen atoms in total. The predicted molar refractivity (Wildman–Crippen MR) is 279 cm³/mol. The van der Waals surface area contributed by atoms with Crippen LogP contribution in [0.5, 0.6) is 0 Å². The van der Waals surface area contributed by atoms with Crippen LogP contribution in [0.2, 0.25) is 0 Å². The Labute approximate surface area is 404 Å². The van der Waals surface area contributed by atoms with Crippen molar-refractivity contribution in [2.24, 2.45) is 0 Å². The summed E-state index contributed by atoms with van der Waals surface area (Å²) in [6.07, 6.45) is 64.2. The number of carbonyl (C=O) groups excluding carboxylic acids is 3. The third kappa shape index (κ3) is 52.5. The van der Waals surface area contributed by atoms with Gasteiger partial charge in [-0.05, 0) is 89.9 Å². The van der Waals surface area contributed by atoms with Gasteiger partial charge in [0.2, 0.25) is 0 Å². The zero-order valence-electron chi connectivity index (χ0n) is 43.5. The molecule has 0 bridgehead atoms. The van der Waals surface area contributed by atoms with Gasteiger partial charge in [-0.25, -0.2) is 0 Å². The average molecular weight is 914 g/mol. The quantitative estimate of drug-likeness (QED) is 0.0262. The number of ether oxygens (including phenoxy) is 3. The van der Waals surface area contributed by atoms with E-state index < -0.39 is 6.10 Å². The first-order valence-electron chi connectivity index (χ1n) is 28.5. The van der Waals surface area contributed by atoms with Gasteiger partial charge in [0.1, 0.15) is 13.2 Å². The van der Waals surface area contributed by atoms with E-state index >= 15 is 0 Å². The van der Waals surface area contributed by atoms with Gasteiger partial charge < -0.3 is 14.2 Å². The highest BCUT2D eigenvalue weighted by Crippen LogP contribution is 2.15. The van der Waals surface area contributed by atoms with Crippen LogP contribution in [-0.2, 0) is 28.6 Å². The molecule has 0 aromatic heterocycles. The zero-order chi connectivity index (χ0) is 47.2. The molecule has 0 rings (SSSR count). The zero-order valence-corrected chi connectivity index (χ0v) is 43.5. The van der Waals surface area contributed by atoms with Crippen molar-refractivity contribution in [3.8, 4) is 0 Å². The molecule has 65 heavy (non-hydrogen) atoms. The topological polar surface area (TPSA) is 78.9 Å². The highest BCUT2D eigenvalue weighted by molar-refractivity contribution is 5.71. The van der Waals surface area contributed by atoms with Crippen LogP contribution in [-0.4, -0.2) is 37.2 Å². The maximum atomic E-state index is 12.8. The molecule has 0 aromatic rings. The van der Waals surface area contributed by atoms with E-state index in [1.807, 2.05) is 0 Å². The molecule has 0 heterocycles. The summed E-state index contributed by atoms with van der Waals surface area (Å²) in [7, 11) is 0. The van der Waals surface area contributed by atoms with E-state index in [-0.39, 0.29) is 31.1 Å². The normalized spacial score (nSPS) is 12.2. The van der Waals surface area contributed by atoms with Crippen LogP contribution in [0.4, 0.5) is 0 Å². The molecule has 0 spiro atoms. The third-order valence-corrected chi connectivity index (χ3v) is 12.6. The number of hydrogen-bond acceptors (Lipinski definition) is 6. The van der Waals surface area contributed by atoms with Crippen LogP contribution in [0.25, 0.3) is 0 Å². The number of rotatable bonds is 52. The van der Waals surface area contributed by atoms with Gasteiger partial charge in [0.15, 0.2) is 6.10 Å². The Morgan fingerprint density at radius 3 is 0.815 bits per heavy atom. The highest BCUT2D eigenvalue weighted by atomic mass is 16.6. The second-order valence-electron chi connectivity index (χ2n) is 19.2. The van der Waals surface area contributed by atoms with Gasteiger partial charge in [-0.2, -0.15) is 0 Å². The molecule has 1 unspecified atom stereocenters. The maximum Gasteiger partial charge on any atom is 0.306 e. The Hall–Kier alpha value is -2.37. The molecule has 1 atom stereocenters. The van der Waals surface area contributed by atoms with Crippen LogP contribution < -0.4 is 0 Å². The number of esters is 3. The molecule has 0 aliphatic carbocycles. The summed E-state index contributed by atoms with van der Waals surface area (Å²) < 4.78 is 16.8. The van der Waals surface area contributed by atoms with Crippen LogP contribution >= 0.6 is 0 Å². The van der Waals surface area contributed by atoms with E-state index in [0.29, 0.717) is 19.3 Å². The van der Waals surface area contributed by atoms with Crippen LogP contribution in [0.1, 0.15) is 303 Å². The second-order valence-corrected chi connectivity index (χ2v) is 19.2. The smallest absolute Gasteiger partial charge is 0.306 e. The number of unbranched alkanes of at least 4 members (excludes halogenated alkanes) is 35. The van der Waals surface area contributed by atoms with Crippen molar-refractivity contribution in [1.82, 2.24) is 0 Å². The number of hydrogen-bond donors (Lipinski definition) is 0. The van der Waals surface area contributed by atoms with Crippen molar-refractivity contribution >= 4 is 17.9 Å². The summed E-state index contributed by atoms with van der Waals surface area (Å²) in [6, 6.07) is 0. The lowest BCUT2D eigenvalue weighted by molar-refractivity contribution is -0.167. The first-order valence-corrected chi connectivity index (χ1v) is 28.5. The first-order chi connectivity index (χ1) is 32.0. The molecule has 0 amide bonds. The lowest BCUT2D eigenvalue weighted by atomic mass is 10.1. The molecule has 0 aromatic carbocycles. The molecular weight excluding hydrogens is 805 g/mol. The van der Waals surface area contributed by atoms with Crippen molar-refractivity contribution < 1.29 is 28.6 Å². The van der Waals surface area contributed by atoms with Crippen molar-refractivity contribution in [2.45, 2.75) is 309 Å². The number of carbonyl (C=O) groups is 3. The lowest BCUT2D eigenvalue weighted by Crippen LogP contribution is -2.30. The van der Waals surface area contributed by atoms with E-state index in [0.717, 1.165) is 77.0 Å². The minimum absolute atomic E-state index is 0.0806. The SMILES string of the molecule is CCCC/C=C\CCCCCCCC(=O)OCC(COC(=O)CCCCCCC/C=C\CCCCCCCCCCC)OC(=O)CCCCCCC/C=C\CCCCCCCCCCC. The monoisotopic (exact) mass is 913 g/mol. The average Bonchev–Trinajstić information content (AvgIpc) is 3.30. The fourth-order valence-corrected chi connectivity index (χ4v) is 8.24. The molecule has 0 fully saturated rings. The number of allylic oxidation sites excluding steroid dienone is 6. The van der Waals surface area contributed by atoms with Crippen LogP contribution in [0.3, 0.4) is 0 Å². The largest absolute Gasteiger partial charge is 0.462 e. The summed E-state index contributed by atoms with van der Waals surface area (Å²) in [5.41, 5.74) is 0. The Kier molecular flexibility index (Phi) is 52.3. The van der Waals surface area contributed by atoms with Crippen LogP contribution in [0, 0.1) is 0 Å². The summed E-state index contributed by atoms with van der Waals surface area (Å²) >= 11 is 0. The van der Waals surface area contributed by atoms with Crippen molar-refractivity contribution in [2.75, 3.05) is 13.2 Å². The molecule has 380 valence electrons. The van der Waals surface area contributed by atoms with E-state index in [2.05, 4.69) is 57.2 Å². The Morgan fingerprint density at radius 2 is 0.523 bits per heavy atom. The minimum atomic E-state index is -0.781. The molecule has 0 aliphatic rings. The third-order valence-electron chi connectivity index (χ3n) is 12.6. The Balaban J connectivity index is 4.34. The first kappa shape index (κ1) is 62.6. The standard InChI is InChI=1S/C59H108O6/c1-4-7-10-13-16-19-22-24-26-28-30-32-34-37-40-43-46-49-52-58(61)64-55-56(54-63-57(60)51-48-45-42-39-36-21-18-15-12-9-6-3)65-59(62)53-50-47-44-41-38-35-33-31-29-27-25-23-20-17-14-11-8-5-2/h15,18,30-33,56H,4-14,16-17,19-29,34-55H2,1-3H3/b18-15-,32-30-,33-31-. The summed E-state index contributed by atoms with van der Waals surface area (Å²) in [6.45, 7) is 6.61. The van der Waals surface area contributed by atoms with Crippen LogP contribution in [0.15, 0.2) is 36.5 Å². The van der Waals surface area contributed by atoms with E-state index in [4.69, 9.17) is 14.2 Å². The summed E-state index contributed by atoms with van der Waals surface area (Å²) in [4.78, 5) is 38.1. The van der Waals surface area contributed by atoms with E-state index in [1.54, 1.807) is 0 Å². The maximum absolute atomic E-state index is 12.8. The van der Waals surface area contributed by atoms with E-state index in [9.17, 15) is 14.4 Å². The van der Waals surface area contributed by atoms with Gasteiger partial charge in [-0.3, -0.25) is 14.4 Å². The van der Waals surface area contributed by atoms with Gasteiger partial charge in [0.05, 0.1) is 0 Å². The van der Waals surface area contributed by atoms with Gasteiger partial charge >= 0.3 is 17.9 Å². The minimum Gasteiger partial charge on any atom is -0.462 e. The van der Waals surface area contributed by atoms with Gasteiger partial charge in [-0.1, -0.05) is 231 Å². The van der Waals surface area contributed by atoms with Gasteiger partial charge in [0.25, 0.3) is 0 Å². The Morgan fingerprint density at radius 1 is 0.292 bits per heavy atom. The highest BCUT2D eigenvalue weighted by Gasteiger charge is 2.19. The molecule has 6 heteroatoms. The van der Waals surface area contributed by atoms with Gasteiger partial charge in [0, 0.05) is 19.3 Å². The predicted octanol–water partition coefficient (Wildman–Crippen LogP) is 18.9.